The third-order valence-electron chi connectivity index (χ3n) is 14.8. The molecule has 7 rings (SSSR count). The predicted octanol–water partition coefficient (Wildman–Crippen LogP) is 19.6. The minimum absolute atomic E-state index is 0. The molecule has 28 heteroatoms. The van der Waals surface area contributed by atoms with Crippen LogP contribution in [0.25, 0.3) is 0 Å². The van der Waals surface area contributed by atoms with Crippen molar-refractivity contribution in [2.45, 2.75) is 177 Å². The maximum atomic E-state index is 14.2. The first-order valence-corrected chi connectivity index (χ1v) is 28.2. The summed E-state index contributed by atoms with van der Waals surface area (Å²) in [4.78, 5) is 0. The molecule has 0 heterocycles. The zero-order valence-corrected chi connectivity index (χ0v) is 47.4. The van der Waals surface area contributed by atoms with Gasteiger partial charge in [0.2, 0.25) is 0 Å². The van der Waals surface area contributed by atoms with Crippen molar-refractivity contribution >= 4 is 35.9 Å². The molecule has 0 saturated heterocycles. The van der Waals surface area contributed by atoms with Crippen molar-refractivity contribution in [1.82, 2.24) is 0 Å². The molecular weight excluding hydrogens is 1260 g/mol. The van der Waals surface area contributed by atoms with Gasteiger partial charge >= 0.3 is 49.4 Å². The summed E-state index contributed by atoms with van der Waals surface area (Å²) >= 11 is 0. The van der Waals surface area contributed by atoms with Crippen molar-refractivity contribution in [3.05, 3.63) is 138 Å². The maximum Gasteiger partial charge on any atom is 0.416 e. The van der Waals surface area contributed by atoms with Gasteiger partial charge in [-0.05, 0) is 114 Å². The van der Waals surface area contributed by atoms with E-state index >= 15 is 0 Å². The Hall–Kier alpha value is -3.85. The molecule has 3 saturated carbocycles. The Morgan fingerprint density at radius 3 is 0.612 bits per heavy atom. The first kappa shape index (κ1) is 75.4. The molecule has 0 amide bonds. The van der Waals surface area contributed by atoms with Gasteiger partial charge in [-0.15, -0.1) is 0 Å². The molecule has 3 aliphatic carbocycles. The van der Waals surface area contributed by atoms with Crippen LogP contribution in [0.2, 0.25) is 0 Å². The SMILES string of the molecule is C1CCC(P(C2CCCCC2)C2CCCCC2)CC1.CCOCC.FC(F)(F)c1cc([B-](c2cc(C(F)(F)F)cc(C(F)(F)F)c2)(c2cc(C(F)(F)F)cc(C(F)(F)F)c2)c2cc(C(F)(F)F)cc(C(F)(F)F)c2)cc(C(F)(F)F)c1.[CH2][CH][CH2].[Ni]. The summed E-state index contributed by atoms with van der Waals surface area (Å²) in [6.45, 7) is 12.2. The molecule has 0 bridgehead atoms. The fourth-order valence-electron chi connectivity index (χ4n) is 11.3. The number of rotatable bonds is 9. The molecule has 0 spiro atoms. The van der Waals surface area contributed by atoms with E-state index in [1.807, 2.05) is 13.8 Å². The Balaban J connectivity index is 0.000000551. The summed E-state index contributed by atoms with van der Waals surface area (Å²) in [5.41, 5.74) is -26.6. The summed E-state index contributed by atoms with van der Waals surface area (Å²) in [6, 6.07) is -8.81. The van der Waals surface area contributed by atoms with E-state index in [1.54, 1.807) is 77.0 Å². The van der Waals surface area contributed by atoms with E-state index in [0.29, 0.717) is 7.92 Å². The van der Waals surface area contributed by atoms with Gasteiger partial charge in [-0.2, -0.15) is 127 Å². The Labute approximate surface area is 488 Å². The number of benzene rings is 4. The van der Waals surface area contributed by atoms with E-state index in [9.17, 15) is 105 Å². The van der Waals surface area contributed by atoms with Gasteiger partial charge in [0.25, 0.3) is 0 Å². The quantitative estimate of drug-likeness (QED) is 0.0922. The monoisotopic (exact) mass is 1320 g/mol. The standard InChI is InChI=1S/C32H12BF24.C18H33P.C4H10O.C3H5.Ni/c34-25(35,36)13-1-14(26(37,38)39)6-21(5-13)33(22-7-15(27(40,41)42)2-16(8-22)28(43,44)45,23-9-17(29(46,47)48)3-18(10-23)30(49,50)51)24-11-19(31(52,53)54)4-20(12-24)32(55,56)57;1-4-10-16(11-5-1)19(17-12-6-2-7-13-17)18-14-8-3-9-15-18;1-3-5-4-2;1-3-2;/h1-12H;16-18H,1-15H2;3-4H2,1-2H3;3H,1-2H2;/q-1;;;;. The van der Waals surface area contributed by atoms with E-state index in [2.05, 4.69) is 13.8 Å². The largest absolute Gasteiger partial charge is 0.416 e. The second kappa shape index (κ2) is 30.1. The molecule has 0 aromatic heterocycles. The number of halogens is 24. The molecule has 0 atom stereocenters. The molecule has 1 nitrogen and oxygen atoms in total. The number of hydrogen-bond donors (Lipinski definition) is 0. The van der Waals surface area contributed by atoms with Crippen LogP contribution in [0, 0.1) is 20.3 Å². The third kappa shape index (κ3) is 20.6. The van der Waals surface area contributed by atoms with Crippen molar-refractivity contribution in [2.24, 2.45) is 0 Å². The molecule has 3 fully saturated rings. The van der Waals surface area contributed by atoms with Crippen LogP contribution < -0.4 is 21.9 Å². The van der Waals surface area contributed by atoms with Gasteiger partial charge in [-0.3, -0.25) is 0 Å². The van der Waals surface area contributed by atoms with Crippen molar-refractivity contribution < 1.29 is 127 Å². The molecule has 481 valence electrons. The Morgan fingerprint density at radius 1 is 0.341 bits per heavy atom. The van der Waals surface area contributed by atoms with Crippen LogP contribution in [-0.2, 0) is 70.6 Å². The summed E-state index contributed by atoms with van der Waals surface area (Å²) < 4.78 is 346. The van der Waals surface area contributed by atoms with Crippen LogP contribution in [0.5, 0.6) is 0 Å². The second-order valence-corrected chi connectivity index (χ2v) is 23.7. The van der Waals surface area contributed by atoms with Crippen LogP contribution in [0.4, 0.5) is 105 Å². The van der Waals surface area contributed by atoms with Gasteiger partial charge in [0, 0.05) is 29.7 Å². The number of ether oxygens (including phenoxy) is 1. The van der Waals surface area contributed by atoms with E-state index in [4.69, 9.17) is 4.74 Å². The van der Waals surface area contributed by atoms with Gasteiger partial charge in [0.05, 0.1) is 44.5 Å². The Kier molecular flexibility index (Phi) is 26.7. The zero-order valence-electron chi connectivity index (χ0n) is 45.5. The molecule has 0 unspecified atom stereocenters. The van der Waals surface area contributed by atoms with Gasteiger partial charge < -0.3 is 4.74 Å². The average Bonchev–Trinajstić information content (AvgIpc) is 1.73. The summed E-state index contributed by atoms with van der Waals surface area (Å²) in [6.07, 6.45) is -29.7. The van der Waals surface area contributed by atoms with Gasteiger partial charge in [-0.25, -0.2) is 0 Å². The van der Waals surface area contributed by atoms with Gasteiger partial charge in [0.15, 0.2) is 0 Å². The van der Waals surface area contributed by atoms with Crippen molar-refractivity contribution in [1.29, 1.82) is 0 Å². The second-order valence-electron chi connectivity index (χ2n) is 20.6. The van der Waals surface area contributed by atoms with Crippen LogP contribution >= 0.6 is 7.92 Å². The van der Waals surface area contributed by atoms with Gasteiger partial charge in [0.1, 0.15) is 6.15 Å². The van der Waals surface area contributed by atoms with Crippen molar-refractivity contribution in [3.8, 4) is 0 Å². The number of alkyl halides is 24. The van der Waals surface area contributed by atoms with E-state index in [0.717, 1.165) is 13.2 Å². The summed E-state index contributed by atoms with van der Waals surface area (Å²) in [5.74, 6) is 0. The first-order chi connectivity index (χ1) is 38.5. The van der Waals surface area contributed by atoms with Crippen molar-refractivity contribution in [2.75, 3.05) is 13.2 Å². The smallest absolute Gasteiger partial charge is 0.382 e. The predicted molar refractivity (Wildman–Crippen MR) is 275 cm³/mol. The topological polar surface area (TPSA) is 9.23 Å². The summed E-state index contributed by atoms with van der Waals surface area (Å²) in [5, 5.41) is 0. The third-order valence-corrected chi connectivity index (χ3v) is 18.9. The van der Waals surface area contributed by atoms with E-state index in [1.165, 1.54) is 42.7 Å². The number of hydrogen-bond acceptors (Lipinski definition) is 1. The van der Waals surface area contributed by atoms with E-state index < -0.39 is 195 Å². The first-order valence-electron chi connectivity index (χ1n) is 26.7. The molecule has 4 aromatic rings. The van der Waals surface area contributed by atoms with Crippen LogP contribution in [-0.4, -0.2) is 36.3 Å². The zero-order chi connectivity index (χ0) is 63.7. The normalized spacial score (nSPS) is 16.8. The Morgan fingerprint density at radius 2 is 0.494 bits per heavy atom. The fourth-order valence-corrected chi connectivity index (χ4v) is 16.0. The van der Waals surface area contributed by atoms with E-state index in [-0.39, 0.29) is 16.5 Å². The molecule has 3 aliphatic rings. The molecule has 0 aliphatic heterocycles. The fraction of sp³-hybridized carbons (Fsp3) is 0.526. The molecular formula is C57H60BF24NiOP-. The van der Waals surface area contributed by atoms with Crippen LogP contribution in [0.15, 0.2) is 72.8 Å². The van der Waals surface area contributed by atoms with Crippen LogP contribution in [0.3, 0.4) is 0 Å². The molecule has 85 heavy (non-hydrogen) atoms. The molecule has 0 N–H and O–H groups in total. The Bertz CT molecular complexity index is 2220. The maximum absolute atomic E-state index is 14.2. The van der Waals surface area contributed by atoms with Gasteiger partial charge in [-0.1, -0.05) is 114 Å². The summed E-state index contributed by atoms with van der Waals surface area (Å²) in [7, 11) is 0.385. The minimum atomic E-state index is -6.13. The molecule has 3 radical (unpaired) electrons. The van der Waals surface area contributed by atoms with Crippen LogP contribution in [0.1, 0.15) is 155 Å². The van der Waals surface area contributed by atoms with Crippen molar-refractivity contribution in [3.63, 3.8) is 0 Å². The minimum Gasteiger partial charge on any atom is -0.382 e. The average molecular weight is 1320 g/mol. The molecule has 4 aromatic carbocycles.